The fraction of sp³-hybridized carbons (Fsp3) is 0.357. The summed E-state index contributed by atoms with van der Waals surface area (Å²) in [6.45, 7) is 4.49. The molecule has 0 radical (unpaired) electrons. The Kier molecular flexibility index (Phi) is 4.98. The molecular formula is C14H20N4O2S. The zero-order valence-corrected chi connectivity index (χ0v) is 12.9. The lowest BCUT2D eigenvalue weighted by molar-refractivity contribution is 0.539. The number of benzene rings is 1. The second-order valence-electron chi connectivity index (χ2n) is 4.58. The van der Waals surface area contributed by atoms with Crippen LogP contribution in [-0.2, 0) is 10.0 Å². The summed E-state index contributed by atoms with van der Waals surface area (Å²) in [7, 11) is -3.62. The van der Waals surface area contributed by atoms with Crippen molar-refractivity contribution in [3.8, 4) is 0 Å². The standard InChI is InChI=1S/C14H20N4O2S/c1-3-11(14-16-9-10-17-14)18-21(19,20)13-8-6-5-7-12(13)15-4-2/h5-11,15,18H,3-4H2,1-2H3,(H,16,17). The SMILES string of the molecule is CCNc1ccccc1S(=O)(=O)NC(CC)c1ncc[nH]1. The molecule has 21 heavy (non-hydrogen) atoms. The van der Waals surface area contributed by atoms with Crippen LogP contribution >= 0.6 is 0 Å². The van der Waals surface area contributed by atoms with E-state index in [0.717, 1.165) is 0 Å². The van der Waals surface area contributed by atoms with Gasteiger partial charge in [-0.3, -0.25) is 0 Å². The first-order valence-corrected chi connectivity index (χ1v) is 8.41. The average Bonchev–Trinajstić information content (AvgIpc) is 3.00. The van der Waals surface area contributed by atoms with Crippen molar-refractivity contribution in [1.29, 1.82) is 0 Å². The van der Waals surface area contributed by atoms with Gasteiger partial charge in [-0.2, -0.15) is 0 Å². The molecule has 114 valence electrons. The van der Waals surface area contributed by atoms with Crippen molar-refractivity contribution in [1.82, 2.24) is 14.7 Å². The molecule has 0 spiro atoms. The first kappa shape index (κ1) is 15.5. The van der Waals surface area contributed by atoms with Crippen LogP contribution in [0.4, 0.5) is 5.69 Å². The molecule has 1 atom stereocenters. The van der Waals surface area contributed by atoms with Gasteiger partial charge in [-0.1, -0.05) is 19.1 Å². The van der Waals surface area contributed by atoms with Crippen molar-refractivity contribution in [2.24, 2.45) is 0 Å². The van der Waals surface area contributed by atoms with Crippen LogP contribution in [0.2, 0.25) is 0 Å². The summed E-state index contributed by atoms with van der Waals surface area (Å²) in [6.07, 6.45) is 3.90. The number of sulfonamides is 1. The molecule has 0 aliphatic heterocycles. The topological polar surface area (TPSA) is 86.9 Å². The van der Waals surface area contributed by atoms with Crippen molar-refractivity contribution in [3.05, 3.63) is 42.5 Å². The minimum absolute atomic E-state index is 0.247. The third-order valence-corrected chi connectivity index (χ3v) is 4.63. The van der Waals surface area contributed by atoms with Gasteiger partial charge in [0.1, 0.15) is 10.7 Å². The van der Waals surface area contributed by atoms with Gasteiger partial charge in [-0.05, 0) is 25.5 Å². The molecule has 0 fully saturated rings. The molecule has 3 N–H and O–H groups in total. The summed E-state index contributed by atoms with van der Waals surface area (Å²) >= 11 is 0. The number of H-pyrrole nitrogens is 1. The fourth-order valence-electron chi connectivity index (χ4n) is 2.09. The number of anilines is 1. The lowest BCUT2D eigenvalue weighted by Gasteiger charge is -2.17. The van der Waals surface area contributed by atoms with Crippen LogP contribution in [0.15, 0.2) is 41.6 Å². The first-order valence-electron chi connectivity index (χ1n) is 6.93. The number of nitrogens with zero attached hydrogens (tertiary/aromatic N) is 1. The quantitative estimate of drug-likeness (QED) is 0.732. The molecule has 1 heterocycles. The van der Waals surface area contributed by atoms with Crippen LogP contribution in [0.25, 0.3) is 0 Å². The van der Waals surface area contributed by atoms with Crippen LogP contribution in [0.5, 0.6) is 0 Å². The molecule has 7 heteroatoms. The van der Waals surface area contributed by atoms with Gasteiger partial charge in [-0.25, -0.2) is 18.1 Å². The minimum atomic E-state index is -3.62. The fourth-order valence-corrected chi connectivity index (χ4v) is 3.56. The van der Waals surface area contributed by atoms with Crippen molar-refractivity contribution in [2.75, 3.05) is 11.9 Å². The van der Waals surface area contributed by atoms with Gasteiger partial charge in [0.15, 0.2) is 0 Å². The van der Waals surface area contributed by atoms with Gasteiger partial charge in [0, 0.05) is 18.9 Å². The number of imidazole rings is 1. The predicted molar refractivity (Wildman–Crippen MR) is 82.5 cm³/mol. The van der Waals surface area contributed by atoms with Crippen LogP contribution in [0.1, 0.15) is 32.1 Å². The summed E-state index contributed by atoms with van der Waals surface area (Å²) in [4.78, 5) is 7.32. The molecule has 0 aliphatic rings. The van der Waals surface area contributed by atoms with Gasteiger partial charge in [-0.15, -0.1) is 0 Å². The molecule has 0 saturated carbocycles. The molecular weight excluding hydrogens is 288 g/mol. The lowest BCUT2D eigenvalue weighted by Crippen LogP contribution is -2.29. The zero-order chi connectivity index (χ0) is 15.3. The number of rotatable bonds is 7. The van der Waals surface area contributed by atoms with Gasteiger partial charge < -0.3 is 10.3 Å². The van der Waals surface area contributed by atoms with E-state index >= 15 is 0 Å². The third kappa shape index (κ3) is 3.62. The number of aromatic nitrogens is 2. The molecule has 0 saturated heterocycles. The maximum Gasteiger partial charge on any atom is 0.243 e. The molecule has 0 amide bonds. The van der Waals surface area contributed by atoms with Crippen molar-refractivity contribution in [2.45, 2.75) is 31.2 Å². The van der Waals surface area contributed by atoms with Gasteiger partial charge >= 0.3 is 0 Å². The molecule has 6 nitrogen and oxygen atoms in total. The van der Waals surface area contributed by atoms with E-state index in [4.69, 9.17) is 0 Å². The Balaban J connectivity index is 2.30. The molecule has 2 aromatic rings. The summed E-state index contributed by atoms with van der Waals surface area (Å²) in [5, 5.41) is 3.07. The molecule has 0 bridgehead atoms. The Morgan fingerprint density at radius 3 is 2.67 bits per heavy atom. The van der Waals surface area contributed by atoms with E-state index < -0.39 is 10.0 Å². The summed E-state index contributed by atoms with van der Waals surface area (Å²) in [5.41, 5.74) is 0.599. The largest absolute Gasteiger partial charge is 0.384 e. The van der Waals surface area contributed by atoms with E-state index in [-0.39, 0.29) is 10.9 Å². The van der Waals surface area contributed by atoms with Crippen LogP contribution < -0.4 is 10.0 Å². The Morgan fingerprint density at radius 1 is 1.29 bits per heavy atom. The second-order valence-corrected chi connectivity index (χ2v) is 6.27. The van der Waals surface area contributed by atoms with E-state index in [1.54, 1.807) is 36.7 Å². The van der Waals surface area contributed by atoms with E-state index in [9.17, 15) is 8.42 Å². The second kappa shape index (κ2) is 6.73. The number of hydrogen-bond donors (Lipinski definition) is 3. The first-order chi connectivity index (χ1) is 10.1. The summed E-state index contributed by atoms with van der Waals surface area (Å²) < 4.78 is 27.9. The smallest absolute Gasteiger partial charge is 0.243 e. The predicted octanol–water partition coefficient (Wildman–Crippen LogP) is 2.27. The minimum Gasteiger partial charge on any atom is -0.384 e. The van der Waals surface area contributed by atoms with E-state index in [2.05, 4.69) is 20.0 Å². The number of hydrogen-bond acceptors (Lipinski definition) is 4. The Morgan fingerprint density at radius 2 is 2.05 bits per heavy atom. The highest BCUT2D eigenvalue weighted by Crippen LogP contribution is 2.23. The number of aromatic amines is 1. The molecule has 1 aromatic heterocycles. The van der Waals surface area contributed by atoms with E-state index in [0.29, 0.717) is 24.5 Å². The molecule has 0 aliphatic carbocycles. The highest BCUT2D eigenvalue weighted by Gasteiger charge is 2.23. The Hall–Kier alpha value is -1.86. The summed E-state index contributed by atoms with van der Waals surface area (Å²) in [6, 6.07) is 6.49. The molecule has 1 unspecified atom stereocenters. The van der Waals surface area contributed by atoms with Crippen LogP contribution in [0.3, 0.4) is 0 Å². The highest BCUT2D eigenvalue weighted by atomic mass is 32.2. The average molecular weight is 308 g/mol. The Labute approximate surface area is 125 Å². The maximum absolute atomic E-state index is 12.6. The van der Waals surface area contributed by atoms with E-state index in [1.807, 2.05) is 13.8 Å². The highest BCUT2D eigenvalue weighted by molar-refractivity contribution is 7.89. The van der Waals surface area contributed by atoms with Crippen LogP contribution in [-0.4, -0.2) is 24.9 Å². The number of nitrogens with one attached hydrogen (secondary N) is 3. The normalized spacial score (nSPS) is 13.0. The van der Waals surface area contributed by atoms with Gasteiger partial charge in [0.25, 0.3) is 0 Å². The molecule has 1 aromatic carbocycles. The molecule has 2 rings (SSSR count). The van der Waals surface area contributed by atoms with Crippen molar-refractivity contribution >= 4 is 15.7 Å². The van der Waals surface area contributed by atoms with Gasteiger partial charge in [0.2, 0.25) is 10.0 Å². The summed E-state index contributed by atoms with van der Waals surface area (Å²) in [5.74, 6) is 0.613. The van der Waals surface area contributed by atoms with E-state index in [1.165, 1.54) is 0 Å². The van der Waals surface area contributed by atoms with Crippen LogP contribution in [0, 0.1) is 0 Å². The Bertz CT molecular complexity index is 668. The van der Waals surface area contributed by atoms with Gasteiger partial charge in [0.05, 0.1) is 11.7 Å². The zero-order valence-electron chi connectivity index (χ0n) is 12.1. The third-order valence-electron chi connectivity index (χ3n) is 3.10. The number of para-hydroxylation sites is 1. The monoisotopic (exact) mass is 308 g/mol. The van der Waals surface area contributed by atoms with Crippen molar-refractivity contribution in [3.63, 3.8) is 0 Å². The lowest BCUT2D eigenvalue weighted by atomic mass is 10.2. The van der Waals surface area contributed by atoms with Crippen molar-refractivity contribution < 1.29 is 8.42 Å². The maximum atomic E-state index is 12.6.